The number of hydrogen-bond acceptors (Lipinski definition) is 5. The summed E-state index contributed by atoms with van der Waals surface area (Å²) in [7, 11) is -1.93. The van der Waals surface area contributed by atoms with Gasteiger partial charge in [0, 0.05) is 23.9 Å². The van der Waals surface area contributed by atoms with Crippen molar-refractivity contribution >= 4 is 15.9 Å². The van der Waals surface area contributed by atoms with Gasteiger partial charge in [-0.1, -0.05) is 24.3 Å². The van der Waals surface area contributed by atoms with Crippen molar-refractivity contribution in [3.8, 4) is 5.75 Å². The zero-order valence-electron chi connectivity index (χ0n) is 16.5. The van der Waals surface area contributed by atoms with Crippen LogP contribution in [-0.4, -0.2) is 43.0 Å². The van der Waals surface area contributed by atoms with Gasteiger partial charge in [-0.15, -0.1) is 0 Å². The fourth-order valence-corrected chi connectivity index (χ4v) is 4.62. The second-order valence-electron chi connectivity index (χ2n) is 7.06. The first-order valence-corrected chi connectivity index (χ1v) is 10.9. The number of carbonyl (C=O) groups excluding carboxylic acids is 1. The second kappa shape index (κ2) is 7.89. The number of carbonyl (C=O) groups is 1. The molecule has 0 unspecified atom stereocenters. The number of nitrogens with one attached hydrogen (secondary N) is 1. The maximum Gasteiger partial charge on any atom is 0.239 e. The van der Waals surface area contributed by atoms with Crippen LogP contribution in [0.3, 0.4) is 0 Å². The summed E-state index contributed by atoms with van der Waals surface area (Å²) in [6.07, 6.45) is 3.18. The molecule has 28 heavy (non-hydrogen) atoms. The molecule has 2 heterocycles. The van der Waals surface area contributed by atoms with Crippen LogP contribution in [-0.2, 0) is 34.3 Å². The van der Waals surface area contributed by atoms with Crippen LogP contribution in [0.1, 0.15) is 27.9 Å². The van der Waals surface area contributed by atoms with Crippen molar-refractivity contribution < 1.29 is 17.9 Å². The average molecular weight is 404 g/mol. The van der Waals surface area contributed by atoms with Gasteiger partial charge in [-0.25, -0.2) is 8.42 Å². The van der Waals surface area contributed by atoms with Gasteiger partial charge in [0.1, 0.15) is 11.8 Å². The van der Waals surface area contributed by atoms with Crippen molar-refractivity contribution in [1.82, 2.24) is 14.6 Å². The van der Waals surface area contributed by atoms with Gasteiger partial charge < -0.3 is 10.1 Å². The third-order valence-electron chi connectivity index (χ3n) is 5.11. The van der Waals surface area contributed by atoms with E-state index in [1.54, 1.807) is 13.3 Å². The number of ether oxygens (including phenoxy) is 1. The van der Waals surface area contributed by atoms with Crippen LogP contribution >= 0.6 is 0 Å². The summed E-state index contributed by atoms with van der Waals surface area (Å²) in [5.74, 6) is 0.407. The maximum absolute atomic E-state index is 12.9. The van der Waals surface area contributed by atoms with Gasteiger partial charge in [0.2, 0.25) is 15.9 Å². The van der Waals surface area contributed by atoms with Gasteiger partial charge >= 0.3 is 0 Å². The van der Waals surface area contributed by atoms with Gasteiger partial charge in [-0.2, -0.15) is 4.31 Å². The van der Waals surface area contributed by atoms with Crippen LogP contribution < -0.4 is 10.1 Å². The summed E-state index contributed by atoms with van der Waals surface area (Å²) in [6.45, 7) is 4.20. The van der Waals surface area contributed by atoms with Gasteiger partial charge in [0.05, 0.1) is 25.6 Å². The van der Waals surface area contributed by atoms with Gasteiger partial charge in [0.15, 0.2) is 0 Å². The highest BCUT2D eigenvalue weighted by atomic mass is 32.2. The number of amides is 1. The summed E-state index contributed by atoms with van der Waals surface area (Å²) in [5, 5.41) is 2.85. The third kappa shape index (κ3) is 4.02. The van der Waals surface area contributed by atoms with E-state index in [1.165, 1.54) is 4.31 Å². The number of pyridine rings is 1. The molecular weight excluding hydrogens is 378 g/mol. The molecule has 1 amide bonds. The monoisotopic (exact) mass is 403 g/mol. The highest BCUT2D eigenvalue weighted by Crippen LogP contribution is 2.26. The first kappa shape index (κ1) is 20.3. The second-order valence-corrected chi connectivity index (χ2v) is 9.00. The molecule has 7 nitrogen and oxygen atoms in total. The standard InChI is InChI=1S/C20H25N3O4S/c1-13-10-21-17(14(2)19(13)27-3)11-22-20(24)18-9-15-7-5-6-8-16(15)12-23(18)28(4,25)26/h5-8,10,18H,9,11-12H2,1-4H3,(H,22,24)/t18-/m0/s1. The molecule has 1 aromatic carbocycles. The number of aromatic nitrogens is 1. The van der Waals surface area contributed by atoms with E-state index in [2.05, 4.69) is 10.3 Å². The molecule has 3 rings (SSSR count). The molecule has 0 fully saturated rings. The summed E-state index contributed by atoms with van der Waals surface area (Å²) in [4.78, 5) is 17.3. The van der Waals surface area contributed by atoms with Gasteiger partial charge in [-0.05, 0) is 31.4 Å². The largest absolute Gasteiger partial charge is 0.496 e. The molecule has 8 heteroatoms. The summed E-state index contributed by atoms with van der Waals surface area (Å²) in [5.41, 5.74) is 4.39. The molecule has 0 radical (unpaired) electrons. The number of hydrogen-bond donors (Lipinski definition) is 1. The summed E-state index contributed by atoms with van der Waals surface area (Å²) >= 11 is 0. The topological polar surface area (TPSA) is 88.6 Å². The molecular formula is C20H25N3O4S. The van der Waals surface area contributed by atoms with E-state index in [1.807, 2.05) is 38.1 Å². The summed E-state index contributed by atoms with van der Waals surface area (Å²) in [6, 6.07) is 6.83. The molecule has 1 atom stereocenters. The van der Waals surface area contributed by atoms with Crippen molar-refractivity contribution in [2.45, 2.75) is 39.4 Å². The van der Waals surface area contributed by atoms with Crippen molar-refractivity contribution in [1.29, 1.82) is 0 Å². The van der Waals surface area contributed by atoms with E-state index in [4.69, 9.17) is 4.74 Å². The smallest absolute Gasteiger partial charge is 0.239 e. The van der Waals surface area contributed by atoms with E-state index in [0.717, 1.165) is 34.3 Å². The number of aryl methyl sites for hydroxylation is 1. The number of methoxy groups -OCH3 is 1. The Morgan fingerprint density at radius 3 is 2.61 bits per heavy atom. The lowest BCUT2D eigenvalue weighted by Crippen LogP contribution is -2.52. The first-order valence-electron chi connectivity index (χ1n) is 9.02. The minimum absolute atomic E-state index is 0.197. The zero-order chi connectivity index (χ0) is 20.5. The molecule has 1 aromatic heterocycles. The lowest BCUT2D eigenvalue weighted by molar-refractivity contribution is -0.125. The van der Waals surface area contributed by atoms with Gasteiger partial charge in [0.25, 0.3) is 0 Å². The lowest BCUT2D eigenvalue weighted by atomic mass is 9.95. The summed E-state index contributed by atoms with van der Waals surface area (Å²) < 4.78 is 31.2. The molecule has 0 aliphatic carbocycles. The Morgan fingerprint density at radius 2 is 1.96 bits per heavy atom. The normalized spacial score (nSPS) is 17.1. The quantitative estimate of drug-likeness (QED) is 0.821. The van der Waals surface area contributed by atoms with Crippen LogP contribution in [0, 0.1) is 13.8 Å². The number of fused-ring (bicyclic) bond motifs is 1. The Hall–Kier alpha value is -2.45. The minimum Gasteiger partial charge on any atom is -0.496 e. The minimum atomic E-state index is -3.53. The van der Waals surface area contributed by atoms with Gasteiger partial charge in [-0.3, -0.25) is 9.78 Å². The van der Waals surface area contributed by atoms with Crippen molar-refractivity contribution in [2.24, 2.45) is 0 Å². The molecule has 0 spiro atoms. The van der Waals surface area contributed by atoms with Crippen LogP contribution in [0.25, 0.3) is 0 Å². The SMILES string of the molecule is COc1c(C)cnc(CNC(=O)[C@@H]2Cc3ccccc3CN2S(C)(=O)=O)c1C. The molecule has 1 aliphatic heterocycles. The number of benzene rings is 1. The molecule has 0 saturated carbocycles. The highest BCUT2D eigenvalue weighted by Gasteiger charge is 2.36. The predicted molar refractivity (Wildman–Crippen MR) is 106 cm³/mol. The Morgan fingerprint density at radius 1 is 1.29 bits per heavy atom. The molecule has 150 valence electrons. The van der Waals surface area contributed by atoms with Crippen molar-refractivity contribution in [2.75, 3.05) is 13.4 Å². The van der Waals surface area contributed by atoms with Crippen LogP contribution in [0.2, 0.25) is 0 Å². The molecule has 2 aromatic rings. The lowest BCUT2D eigenvalue weighted by Gasteiger charge is -2.34. The molecule has 1 N–H and O–H groups in total. The predicted octanol–water partition coefficient (Wildman–Crippen LogP) is 1.71. The fourth-order valence-electron chi connectivity index (χ4n) is 3.61. The van der Waals surface area contributed by atoms with E-state index in [-0.39, 0.29) is 19.0 Å². The van der Waals surface area contributed by atoms with Crippen LogP contribution in [0.15, 0.2) is 30.5 Å². The zero-order valence-corrected chi connectivity index (χ0v) is 17.3. The molecule has 0 bridgehead atoms. The van der Waals surface area contributed by atoms with E-state index in [9.17, 15) is 13.2 Å². The Kier molecular flexibility index (Phi) is 5.71. The van der Waals surface area contributed by atoms with Crippen molar-refractivity contribution in [3.63, 3.8) is 0 Å². The maximum atomic E-state index is 12.9. The Labute approximate surface area is 165 Å². The third-order valence-corrected chi connectivity index (χ3v) is 6.35. The van der Waals surface area contributed by atoms with Crippen LogP contribution in [0.4, 0.5) is 0 Å². The number of sulfonamides is 1. The van der Waals surface area contributed by atoms with Crippen LogP contribution in [0.5, 0.6) is 5.75 Å². The molecule has 0 saturated heterocycles. The number of rotatable bonds is 5. The fraction of sp³-hybridized carbons (Fsp3) is 0.400. The highest BCUT2D eigenvalue weighted by molar-refractivity contribution is 7.88. The molecule has 1 aliphatic rings. The Bertz CT molecular complexity index is 1000. The van der Waals surface area contributed by atoms with E-state index >= 15 is 0 Å². The van der Waals surface area contributed by atoms with E-state index in [0.29, 0.717) is 12.1 Å². The van der Waals surface area contributed by atoms with E-state index < -0.39 is 16.1 Å². The van der Waals surface area contributed by atoms with Crippen molar-refractivity contribution in [3.05, 3.63) is 58.4 Å². The average Bonchev–Trinajstić information content (AvgIpc) is 2.66. The number of nitrogens with zero attached hydrogens (tertiary/aromatic N) is 2. The Balaban J connectivity index is 1.81. The first-order chi connectivity index (χ1) is 13.2.